The summed E-state index contributed by atoms with van der Waals surface area (Å²) in [5, 5.41) is 0. The number of aromatic nitrogens is 2. The summed E-state index contributed by atoms with van der Waals surface area (Å²) >= 11 is 0. The Hall–Kier alpha value is -2.88. The van der Waals surface area contributed by atoms with E-state index >= 15 is 0 Å². The van der Waals surface area contributed by atoms with Crippen molar-refractivity contribution in [3.05, 3.63) is 72.6 Å². The van der Waals surface area contributed by atoms with Crippen LogP contribution in [0.3, 0.4) is 0 Å². The minimum atomic E-state index is 0.0339. The van der Waals surface area contributed by atoms with Crippen LogP contribution < -0.4 is 0 Å². The SMILES string of the molecule is O=C(c1cn(-c2ccccc2)c(-c2ccccc2)n1)N1CCCCC1. The molecule has 25 heavy (non-hydrogen) atoms. The third-order valence-corrected chi connectivity index (χ3v) is 4.63. The molecule has 126 valence electrons. The van der Waals surface area contributed by atoms with Crippen molar-refractivity contribution < 1.29 is 4.79 Å². The number of para-hydroxylation sites is 1. The Morgan fingerprint density at radius 3 is 2.16 bits per heavy atom. The Morgan fingerprint density at radius 2 is 1.48 bits per heavy atom. The molecule has 1 fully saturated rings. The van der Waals surface area contributed by atoms with Crippen molar-refractivity contribution in [3.8, 4) is 17.1 Å². The van der Waals surface area contributed by atoms with Crippen molar-refractivity contribution in [1.29, 1.82) is 0 Å². The number of imidazole rings is 1. The summed E-state index contributed by atoms with van der Waals surface area (Å²) < 4.78 is 2.01. The Morgan fingerprint density at radius 1 is 0.840 bits per heavy atom. The first-order valence-electron chi connectivity index (χ1n) is 8.82. The number of rotatable bonds is 3. The summed E-state index contributed by atoms with van der Waals surface area (Å²) in [5.41, 5.74) is 2.53. The van der Waals surface area contributed by atoms with Crippen LogP contribution in [0.4, 0.5) is 0 Å². The molecule has 0 aliphatic carbocycles. The highest BCUT2D eigenvalue weighted by molar-refractivity contribution is 5.93. The number of amides is 1. The van der Waals surface area contributed by atoms with Crippen molar-refractivity contribution in [2.24, 2.45) is 0 Å². The molecule has 1 saturated heterocycles. The zero-order valence-corrected chi connectivity index (χ0v) is 14.1. The second-order valence-electron chi connectivity index (χ2n) is 6.37. The summed E-state index contributed by atoms with van der Waals surface area (Å²) in [6, 6.07) is 20.1. The lowest BCUT2D eigenvalue weighted by molar-refractivity contribution is 0.0719. The van der Waals surface area contributed by atoms with Crippen molar-refractivity contribution in [2.75, 3.05) is 13.1 Å². The lowest BCUT2D eigenvalue weighted by atomic mass is 10.1. The lowest BCUT2D eigenvalue weighted by Crippen LogP contribution is -2.35. The van der Waals surface area contributed by atoms with Crippen molar-refractivity contribution >= 4 is 5.91 Å². The Labute approximate surface area is 147 Å². The largest absolute Gasteiger partial charge is 0.337 e. The highest BCUT2D eigenvalue weighted by Crippen LogP contribution is 2.24. The van der Waals surface area contributed by atoms with Gasteiger partial charge in [-0.05, 0) is 31.4 Å². The second kappa shape index (κ2) is 6.93. The third-order valence-electron chi connectivity index (χ3n) is 4.63. The van der Waals surface area contributed by atoms with Gasteiger partial charge in [0.15, 0.2) is 0 Å². The molecule has 3 aromatic rings. The minimum absolute atomic E-state index is 0.0339. The fourth-order valence-corrected chi connectivity index (χ4v) is 3.32. The van der Waals surface area contributed by atoms with Crippen LogP contribution in [0.1, 0.15) is 29.8 Å². The molecule has 2 aromatic carbocycles. The molecule has 4 heteroatoms. The van der Waals surface area contributed by atoms with E-state index in [0.29, 0.717) is 5.69 Å². The zero-order chi connectivity index (χ0) is 17.1. The molecule has 0 unspecified atom stereocenters. The molecule has 2 heterocycles. The van der Waals surface area contributed by atoms with Gasteiger partial charge in [0.05, 0.1) is 0 Å². The topological polar surface area (TPSA) is 38.1 Å². The van der Waals surface area contributed by atoms with E-state index in [1.54, 1.807) is 0 Å². The van der Waals surface area contributed by atoms with E-state index in [9.17, 15) is 4.79 Å². The molecule has 0 spiro atoms. The highest BCUT2D eigenvalue weighted by Gasteiger charge is 2.22. The van der Waals surface area contributed by atoms with Crippen LogP contribution >= 0.6 is 0 Å². The first kappa shape index (κ1) is 15.6. The van der Waals surface area contributed by atoms with Gasteiger partial charge < -0.3 is 4.90 Å². The molecular weight excluding hydrogens is 310 g/mol. The molecule has 4 rings (SSSR count). The van der Waals surface area contributed by atoms with Crippen LogP contribution in [0.15, 0.2) is 66.9 Å². The van der Waals surface area contributed by atoms with E-state index < -0.39 is 0 Å². The van der Waals surface area contributed by atoms with E-state index in [1.165, 1.54) is 6.42 Å². The molecule has 0 N–H and O–H groups in total. The van der Waals surface area contributed by atoms with E-state index in [0.717, 1.165) is 43.0 Å². The van der Waals surface area contributed by atoms with Gasteiger partial charge in [0, 0.05) is 30.5 Å². The lowest BCUT2D eigenvalue weighted by Gasteiger charge is -2.25. The summed E-state index contributed by atoms with van der Waals surface area (Å²) in [4.78, 5) is 19.5. The zero-order valence-electron chi connectivity index (χ0n) is 14.1. The average molecular weight is 331 g/mol. The average Bonchev–Trinajstić information content (AvgIpc) is 3.15. The molecule has 0 atom stereocenters. The standard InChI is InChI=1S/C21H21N3O/c25-21(23-14-8-3-9-15-23)19-16-24(18-12-6-2-7-13-18)20(22-19)17-10-4-1-5-11-17/h1-2,4-7,10-13,16H,3,8-9,14-15H2. The van der Waals surface area contributed by atoms with Gasteiger partial charge >= 0.3 is 0 Å². The number of hydrogen-bond acceptors (Lipinski definition) is 2. The fourth-order valence-electron chi connectivity index (χ4n) is 3.32. The molecule has 0 saturated carbocycles. The molecule has 1 aliphatic rings. The normalized spacial score (nSPS) is 14.5. The third kappa shape index (κ3) is 3.20. The number of carbonyl (C=O) groups is 1. The van der Waals surface area contributed by atoms with E-state index in [2.05, 4.69) is 0 Å². The molecule has 1 aromatic heterocycles. The number of carbonyl (C=O) groups excluding carboxylic acids is 1. The van der Waals surface area contributed by atoms with E-state index in [1.807, 2.05) is 76.3 Å². The fraction of sp³-hybridized carbons (Fsp3) is 0.238. The van der Waals surface area contributed by atoms with Gasteiger partial charge in [0.1, 0.15) is 11.5 Å². The van der Waals surface area contributed by atoms with Crippen LogP contribution in [0.5, 0.6) is 0 Å². The molecule has 0 bridgehead atoms. The quantitative estimate of drug-likeness (QED) is 0.722. The summed E-state index contributed by atoms with van der Waals surface area (Å²) in [6.07, 6.45) is 5.24. The predicted octanol–water partition coefficient (Wildman–Crippen LogP) is 4.17. The monoisotopic (exact) mass is 331 g/mol. The Bertz CT molecular complexity index is 792. The Balaban J connectivity index is 1.77. The molecule has 0 radical (unpaired) electrons. The van der Waals surface area contributed by atoms with E-state index in [-0.39, 0.29) is 5.91 Å². The number of likely N-dealkylation sites (tertiary alicyclic amines) is 1. The van der Waals surface area contributed by atoms with E-state index in [4.69, 9.17) is 4.98 Å². The number of hydrogen-bond donors (Lipinski definition) is 0. The molecule has 4 nitrogen and oxygen atoms in total. The van der Waals surface area contributed by atoms with Gasteiger partial charge in [-0.15, -0.1) is 0 Å². The maximum absolute atomic E-state index is 12.9. The number of benzene rings is 2. The Kier molecular flexibility index (Phi) is 4.34. The van der Waals surface area contributed by atoms with Gasteiger partial charge in [-0.2, -0.15) is 0 Å². The first-order valence-corrected chi connectivity index (χ1v) is 8.82. The molecule has 1 aliphatic heterocycles. The van der Waals surface area contributed by atoms with Crippen LogP contribution in [0.25, 0.3) is 17.1 Å². The second-order valence-corrected chi connectivity index (χ2v) is 6.37. The maximum atomic E-state index is 12.9. The van der Waals surface area contributed by atoms with Gasteiger partial charge in [0.25, 0.3) is 5.91 Å². The molecular formula is C21H21N3O. The van der Waals surface area contributed by atoms with Gasteiger partial charge in [-0.3, -0.25) is 9.36 Å². The van der Waals surface area contributed by atoms with Gasteiger partial charge in [-0.1, -0.05) is 48.5 Å². The summed E-state index contributed by atoms with van der Waals surface area (Å²) in [6.45, 7) is 1.66. The van der Waals surface area contributed by atoms with Crippen LogP contribution in [-0.2, 0) is 0 Å². The van der Waals surface area contributed by atoms with Gasteiger partial charge in [0.2, 0.25) is 0 Å². The summed E-state index contributed by atoms with van der Waals surface area (Å²) in [7, 11) is 0. The number of piperidine rings is 1. The highest BCUT2D eigenvalue weighted by atomic mass is 16.2. The van der Waals surface area contributed by atoms with Crippen LogP contribution in [0, 0.1) is 0 Å². The number of nitrogens with zero attached hydrogens (tertiary/aromatic N) is 3. The van der Waals surface area contributed by atoms with Gasteiger partial charge in [-0.25, -0.2) is 4.98 Å². The van der Waals surface area contributed by atoms with Crippen molar-refractivity contribution in [3.63, 3.8) is 0 Å². The van der Waals surface area contributed by atoms with Crippen LogP contribution in [-0.4, -0.2) is 33.4 Å². The minimum Gasteiger partial charge on any atom is -0.337 e. The smallest absolute Gasteiger partial charge is 0.274 e. The predicted molar refractivity (Wildman–Crippen MR) is 98.8 cm³/mol. The van der Waals surface area contributed by atoms with Crippen LogP contribution in [0.2, 0.25) is 0 Å². The maximum Gasteiger partial charge on any atom is 0.274 e. The van der Waals surface area contributed by atoms with Crippen molar-refractivity contribution in [1.82, 2.24) is 14.5 Å². The van der Waals surface area contributed by atoms with Crippen molar-refractivity contribution in [2.45, 2.75) is 19.3 Å². The molecule has 1 amide bonds. The summed E-state index contributed by atoms with van der Waals surface area (Å²) in [5.74, 6) is 0.832. The first-order chi connectivity index (χ1) is 12.3.